The van der Waals surface area contributed by atoms with E-state index in [4.69, 9.17) is 0 Å². The first-order valence-corrected chi connectivity index (χ1v) is 9.39. The molecule has 1 aliphatic carbocycles. The first-order valence-electron chi connectivity index (χ1n) is 7.71. The molecule has 0 saturated heterocycles. The summed E-state index contributed by atoms with van der Waals surface area (Å²) in [7, 11) is 0. The third kappa shape index (κ3) is 4.67. The molecule has 0 spiro atoms. The summed E-state index contributed by atoms with van der Waals surface area (Å²) in [4.78, 5) is 1.48. The van der Waals surface area contributed by atoms with Crippen LogP contribution < -0.4 is 5.32 Å². The van der Waals surface area contributed by atoms with E-state index in [1.807, 2.05) is 11.3 Å². The van der Waals surface area contributed by atoms with Crippen molar-refractivity contribution in [3.63, 3.8) is 0 Å². The van der Waals surface area contributed by atoms with E-state index in [1.54, 1.807) is 0 Å². The summed E-state index contributed by atoms with van der Waals surface area (Å²) in [6.07, 6.45) is 5.06. The Morgan fingerprint density at radius 2 is 2.10 bits per heavy atom. The zero-order valence-electron chi connectivity index (χ0n) is 12.4. The van der Waals surface area contributed by atoms with Gasteiger partial charge in [-0.3, -0.25) is 0 Å². The summed E-state index contributed by atoms with van der Waals surface area (Å²) >= 11 is 5.44. The zero-order valence-corrected chi connectivity index (χ0v) is 14.8. The van der Waals surface area contributed by atoms with Crippen LogP contribution in [0.15, 0.2) is 40.2 Å². The maximum Gasteiger partial charge on any atom is 0.0285 e. The zero-order chi connectivity index (χ0) is 14.7. The SMILES string of the molecule is Cc1ccccc1CC(CNC1CC1)Cc1cc(Br)cs1. The maximum absolute atomic E-state index is 3.72. The molecule has 21 heavy (non-hydrogen) atoms. The van der Waals surface area contributed by atoms with Crippen molar-refractivity contribution < 1.29 is 0 Å². The van der Waals surface area contributed by atoms with Crippen molar-refractivity contribution in [1.82, 2.24) is 5.32 Å². The molecule has 0 aliphatic heterocycles. The Bertz CT molecular complexity index is 588. The molecule has 1 heterocycles. The number of hydrogen-bond donors (Lipinski definition) is 1. The number of hydrogen-bond acceptors (Lipinski definition) is 2. The molecular weight excluding hydrogens is 342 g/mol. The Morgan fingerprint density at radius 1 is 1.29 bits per heavy atom. The van der Waals surface area contributed by atoms with Gasteiger partial charge in [0.25, 0.3) is 0 Å². The fraction of sp³-hybridized carbons (Fsp3) is 0.444. The van der Waals surface area contributed by atoms with Crippen molar-refractivity contribution in [2.24, 2.45) is 5.92 Å². The van der Waals surface area contributed by atoms with Gasteiger partial charge in [-0.2, -0.15) is 0 Å². The van der Waals surface area contributed by atoms with Crippen molar-refractivity contribution in [2.75, 3.05) is 6.54 Å². The van der Waals surface area contributed by atoms with Crippen LogP contribution in [-0.2, 0) is 12.8 Å². The van der Waals surface area contributed by atoms with E-state index in [1.165, 1.54) is 46.2 Å². The largest absolute Gasteiger partial charge is 0.314 e. The average Bonchev–Trinajstić information content (AvgIpc) is 3.21. The second kappa shape index (κ2) is 7.08. The van der Waals surface area contributed by atoms with Gasteiger partial charge in [0, 0.05) is 20.8 Å². The van der Waals surface area contributed by atoms with Gasteiger partial charge in [-0.25, -0.2) is 0 Å². The molecule has 1 fully saturated rings. The molecule has 112 valence electrons. The van der Waals surface area contributed by atoms with Gasteiger partial charge in [-0.1, -0.05) is 24.3 Å². The fourth-order valence-electron chi connectivity index (χ4n) is 2.73. The summed E-state index contributed by atoms with van der Waals surface area (Å²) in [5.41, 5.74) is 2.91. The number of aryl methyl sites for hydroxylation is 1. The van der Waals surface area contributed by atoms with Crippen LogP contribution in [0.3, 0.4) is 0 Å². The van der Waals surface area contributed by atoms with Gasteiger partial charge in [0.1, 0.15) is 0 Å². The highest BCUT2D eigenvalue weighted by molar-refractivity contribution is 9.10. The Kier molecular flexibility index (Phi) is 5.15. The number of halogens is 1. The Morgan fingerprint density at radius 3 is 2.76 bits per heavy atom. The van der Waals surface area contributed by atoms with Gasteiger partial charge in [0.05, 0.1) is 0 Å². The molecule has 1 atom stereocenters. The van der Waals surface area contributed by atoms with Crippen LogP contribution in [0.25, 0.3) is 0 Å². The summed E-state index contributed by atoms with van der Waals surface area (Å²) < 4.78 is 1.22. The van der Waals surface area contributed by atoms with Crippen LogP contribution in [0.2, 0.25) is 0 Å². The third-order valence-corrected chi connectivity index (χ3v) is 5.87. The number of nitrogens with one attached hydrogen (secondary N) is 1. The number of rotatable bonds is 7. The van der Waals surface area contributed by atoms with Crippen LogP contribution in [0, 0.1) is 12.8 Å². The molecule has 1 aromatic heterocycles. The van der Waals surface area contributed by atoms with Crippen LogP contribution in [0.5, 0.6) is 0 Å². The Balaban J connectivity index is 1.67. The lowest BCUT2D eigenvalue weighted by atomic mass is 9.93. The van der Waals surface area contributed by atoms with Crippen molar-refractivity contribution in [3.8, 4) is 0 Å². The molecule has 1 aliphatic rings. The van der Waals surface area contributed by atoms with Gasteiger partial charge in [0.2, 0.25) is 0 Å². The lowest BCUT2D eigenvalue weighted by molar-refractivity contribution is 0.471. The second-order valence-electron chi connectivity index (χ2n) is 6.11. The van der Waals surface area contributed by atoms with Gasteiger partial charge in [0.15, 0.2) is 0 Å². The highest BCUT2D eigenvalue weighted by Gasteiger charge is 2.22. The topological polar surface area (TPSA) is 12.0 Å². The number of thiophene rings is 1. The van der Waals surface area contributed by atoms with E-state index in [0.29, 0.717) is 5.92 Å². The fourth-order valence-corrected chi connectivity index (χ4v) is 4.30. The summed E-state index contributed by atoms with van der Waals surface area (Å²) in [6.45, 7) is 3.36. The minimum atomic E-state index is 0.678. The molecule has 0 radical (unpaired) electrons. The summed E-state index contributed by atoms with van der Waals surface area (Å²) in [6, 6.07) is 11.9. The first kappa shape index (κ1) is 15.3. The maximum atomic E-state index is 3.72. The lowest BCUT2D eigenvalue weighted by Crippen LogP contribution is -2.27. The van der Waals surface area contributed by atoms with Gasteiger partial charge < -0.3 is 5.32 Å². The first-order chi connectivity index (χ1) is 10.2. The molecule has 3 rings (SSSR count). The van der Waals surface area contributed by atoms with Crippen molar-refractivity contribution in [1.29, 1.82) is 0 Å². The predicted octanol–water partition coefficient (Wildman–Crippen LogP) is 4.97. The van der Waals surface area contributed by atoms with Crippen LogP contribution in [0.1, 0.15) is 28.8 Å². The minimum absolute atomic E-state index is 0.678. The molecule has 0 bridgehead atoms. The van der Waals surface area contributed by atoms with Gasteiger partial charge in [-0.15, -0.1) is 11.3 Å². The highest BCUT2D eigenvalue weighted by atomic mass is 79.9. The van der Waals surface area contributed by atoms with Crippen molar-refractivity contribution in [3.05, 3.63) is 56.2 Å². The van der Waals surface area contributed by atoms with Crippen molar-refractivity contribution >= 4 is 27.3 Å². The molecule has 1 N–H and O–H groups in total. The lowest BCUT2D eigenvalue weighted by Gasteiger charge is -2.18. The van der Waals surface area contributed by atoms with E-state index in [0.717, 1.165) is 12.6 Å². The van der Waals surface area contributed by atoms with Crippen LogP contribution >= 0.6 is 27.3 Å². The third-order valence-electron chi connectivity index (χ3n) is 4.15. The predicted molar refractivity (Wildman–Crippen MR) is 95.1 cm³/mol. The number of benzene rings is 1. The monoisotopic (exact) mass is 363 g/mol. The van der Waals surface area contributed by atoms with Gasteiger partial charge in [-0.05, 0) is 78.2 Å². The molecule has 2 aromatic rings. The van der Waals surface area contributed by atoms with Crippen molar-refractivity contribution in [2.45, 2.75) is 38.6 Å². The standard InChI is InChI=1S/C18H22BrNS/c1-13-4-2-3-5-15(13)8-14(11-20-17-6-7-17)9-18-10-16(19)12-21-18/h2-5,10,12,14,17,20H,6-9,11H2,1H3. The second-order valence-corrected chi connectivity index (χ2v) is 8.03. The quantitative estimate of drug-likeness (QED) is 0.731. The molecule has 0 amide bonds. The molecule has 3 heteroatoms. The summed E-state index contributed by atoms with van der Waals surface area (Å²) in [5.74, 6) is 0.678. The highest BCUT2D eigenvalue weighted by Crippen LogP contribution is 2.25. The van der Waals surface area contributed by atoms with E-state index < -0.39 is 0 Å². The average molecular weight is 364 g/mol. The van der Waals surface area contributed by atoms with E-state index >= 15 is 0 Å². The normalized spacial score (nSPS) is 16.1. The molecular formula is C18H22BrNS. The molecule has 1 nitrogen and oxygen atoms in total. The molecule has 1 aromatic carbocycles. The van der Waals surface area contributed by atoms with E-state index in [-0.39, 0.29) is 0 Å². The molecule has 1 saturated carbocycles. The minimum Gasteiger partial charge on any atom is -0.314 e. The Hall–Kier alpha value is -0.640. The summed E-state index contributed by atoms with van der Waals surface area (Å²) in [5, 5.41) is 5.91. The molecule has 1 unspecified atom stereocenters. The smallest absolute Gasteiger partial charge is 0.0285 e. The van der Waals surface area contributed by atoms with Gasteiger partial charge >= 0.3 is 0 Å². The van der Waals surface area contributed by atoms with E-state index in [9.17, 15) is 0 Å². The van der Waals surface area contributed by atoms with E-state index in [2.05, 4.69) is 63.9 Å². The van der Waals surface area contributed by atoms with Crippen LogP contribution in [-0.4, -0.2) is 12.6 Å². The Labute approximate surface area is 139 Å². The van der Waals surface area contributed by atoms with Crippen LogP contribution in [0.4, 0.5) is 0 Å².